The molecule has 0 aromatic heterocycles. The van der Waals surface area contributed by atoms with E-state index in [0.717, 1.165) is 12.0 Å². The zero-order valence-electron chi connectivity index (χ0n) is 10.5. The number of aliphatic hydroxyl groups is 1. The molecule has 0 bridgehead atoms. The first kappa shape index (κ1) is 13.2. The maximum absolute atomic E-state index is 10.00. The molecule has 2 nitrogen and oxygen atoms in total. The van der Waals surface area contributed by atoms with E-state index < -0.39 is 6.10 Å². The predicted molar refractivity (Wildman–Crippen MR) is 68.5 cm³/mol. The van der Waals surface area contributed by atoms with Crippen LogP contribution in [-0.4, -0.2) is 17.7 Å². The van der Waals surface area contributed by atoms with Crippen molar-refractivity contribution in [1.29, 1.82) is 0 Å². The van der Waals surface area contributed by atoms with Gasteiger partial charge in [0.2, 0.25) is 0 Å². The topological polar surface area (TPSA) is 32.3 Å². The van der Waals surface area contributed by atoms with E-state index in [1.807, 2.05) is 31.2 Å². The maximum atomic E-state index is 10.00. The van der Waals surface area contributed by atoms with Gasteiger partial charge in [0.25, 0.3) is 0 Å². The summed E-state index contributed by atoms with van der Waals surface area (Å²) in [6.07, 6.45) is 1.93. The van der Waals surface area contributed by atoms with Gasteiger partial charge in [0, 0.05) is 12.6 Å². The van der Waals surface area contributed by atoms with Gasteiger partial charge in [-0.05, 0) is 25.8 Å². The summed E-state index contributed by atoms with van der Waals surface area (Å²) < 4.78 is 0. The largest absolute Gasteiger partial charge is 0.387 e. The van der Waals surface area contributed by atoms with Crippen LogP contribution in [0.5, 0.6) is 0 Å². The first-order chi connectivity index (χ1) is 7.63. The molecule has 0 saturated carbocycles. The van der Waals surface area contributed by atoms with Gasteiger partial charge in [0.05, 0.1) is 6.10 Å². The number of hydrogen-bond donors (Lipinski definition) is 2. The molecule has 0 spiro atoms. The van der Waals surface area contributed by atoms with Crippen LogP contribution in [0, 0.1) is 6.92 Å². The van der Waals surface area contributed by atoms with E-state index in [-0.39, 0.29) is 0 Å². The number of aliphatic hydroxyl groups excluding tert-OH is 1. The molecule has 0 aliphatic heterocycles. The zero-order valence-corrected chi connectivity index (χ0v) is 10.5. The summed E-state index contributed by atoms with van der Waals surface area (Å²) in [5, 5.41) is 13.4. The zero-order chi connectivity index (χ0) is 12.0. The van der Waals surface area contributed by atoms with Crippen LogP contribution in [0.15, 0.2) is 24.3 Å². The summed E-state index contributed by atoms with van der Waals surface area (Å²) in [4.78, 5) is 0. The summed E-state index contributed by atoms with van der Waals surface area (Å²) in [6, 6.07) is 8.53. The smallest absolute Gasteiger partial charge is 0.0914 e. The van der Waals surface area contributed by atoms with E-state index in [4.69, 9.17) is 0 Å². The summed E-state index contributed by atoms with van der Waals surface area (Å²) >= 11 is 0. The van der Waals surface area contributed by atoms with Gasteiger partial charge in [0.1, 0.15) is 0 Å². The lowest BCUT2D eigenvalue weighted by Crippen LogP contribution is -2.30. The number of nitrogens with one attached hydrogen (secondary N) is 1. The number of hydrogen-bond acceptors (Lipinski definition) is 2. The molecule has 0 fully saturated rings. The third kappa shape index (κ3) is 4.33. The Labute approximate surface area is 98.7 Å². The molecule has 2 atom stereocenters. The van der Waals surface area contributed by atoms with Crippen LogP contribution >= 0.6 is 0 Å². The minimum Gasteiger partial charge on any atom is -0.387 e. The van der Waals surface area contributed by atoms with Crippen molar-refractivity contribution in [2.75, 3.05) is 6.54 Å². The van der Waals surface area contributed by atoms with Crippen LogP contribution in [-0.2, 0) is 0 Å². The van der Waals surface area contributed by atoms with Crippen LogP contribution in [0.2, 0.25) is 0 Å². The van der Waals surface area contributed by atoms with Gasteiger partial charge in [-0.3, -0.25) is 0 Å². The van der Waals surface area contributed by atoms with E-state index in [1.165, 1.54) is 12.0 Å². The lowest BCUT2D eigenvalue weighted by molar-refractivity contribution is 0.170. The molecule has 1 aromatic carbocycles. The van der Waals surface area contributed by atoms with Crippen molar-refractivity contribution in [2.45, 2.75) is 45.8 Å². The summed E-state index contributed by atoms with van der Waals surface area (Å²) in [6.45, 7) is 7.01. The van der Waals surface area contributed by atoms with Crippen LogP contribution in [0.4, 0.5) is 0 Å². The summed E-state index contributed by atoms with van der Waals surface area (Å²) in [7, 11) is 0. The standard InChI is InChI=1S/C14H23NO/c1-4-6-12(3)15-10-14(16)13-8-5-7-11(2)9-13/h5,7-9,12,14-16H,4,6,10H2,1-3H3. The highest BCUT2D eigenvalue weighted by Gasteiger charge is 2.08. The minimum atomic E-state index is -0.404. The summed E-state index contributed by atoms with van der Waals surface area (Å²) in [5.74, 6) is 0. The molecule has 16 heavy (non-hydrogen) atoms. The average molecular weight is 221 g/mol. The molecule has 1 rings (SSSR count). The SMILES string of the molecule is CCCC(C)NCC(O)c1cccc(C)c1. The Bertz CT molecular complexity index is 311. The fourth-order valence-electron chi connectivity index (χ4n) is 1.84. The normalized spacial score (nSPS) is 14.8. The van der Waals surface area contributed by atoms with Gasteiger partial charge in [-0.2, -0.15) is 0 Å². The third-order valence-electron chi connectivity index (χ3n) is 2.81. The fraction of sp³-hybridized carbons (Fsp3) is 0.571. The van der Waals surface area contributed by atoms with E-state index >= 15 is 0 Å². The quantitative estimate of drug-likeness (QED) is 0.774. The van der Waals surface area contributed by atoms with Crippen LogP contribution in [0.3, 0.4) is 0 Å². The number of benzene rings is 1. The molecule has 0 aliphatic rings. The molecule has 0 aliphatic carbocycles. The highest BCUT2D eigenvalue weighted by molar-refractivity contribution is 5.24. The molecule has 0 saturated heterocycles. The average Bonchev–Trinajstić information content (AvgIpc) is 2.26. The molecular weight excluding hydrogens is 198 g/mol. The van der Waals surface area contributed by atoms with Crippen LogP contribution in [0.1, 0.15) is 43.9 Å². The van der Waals surface area contributed by atoms with Crippen molar-refractivity contribution < 1.29 is 5.11 Å². The molecule has 2 unspecified atom stereocenters. The molecular formula is C14H23NO. The first-order valence-corrected chi connectivity index (χ1v) is 6.11. The third-order valence-corrected chi connectivity index (χ3v) is 2.81. The molecule has 2 N–H and O–H groups in total. The van der Waals surface area contributed by atoms with Gasteiger partial charge >= 0.3 is 0 Å². The molecule has 0 heterocycles. The van der Waals surface area contributed by atoms with Gasteiger partial charge < -0.3 is 10.4 Å². The van der Waals surface area contributed by atoms with Gasteiger partial charge in [-0.1, -0.05) is 43.2 Å². The molecule has 90 valence electrons. The van der Waals surface area contributed by atoms with E-state index in [1.54, 1.807) is 0 Å². The van der Waals surface area contributed by atoms with E-state index in [2.05, 4.69) is 19.2 Å². The fourth-order valence-corrected chi connectivity index (χ4v) is 1.84. The Kier molecular flexibility index (Phi) is 5.50. The predicted octanol–water partition coefficient (Wildman–Crippen LogP) is 2.81. The highest BCUT2D eigenvalue weighted by Crippen LogP contribution is 2.13. The number of aryl methyl sites for hydroxylation is 1. The Morgan fingerprint density at radius 1 is 1.38 bits per heavy atom. The molecule has 0 amide bonds. The van der Waals surface area contributed by atoms with Crippen molar-refractivity contribution >= 4 is 0 Å². The van der Waals surface area contributed by atoms with Crippen molar-refractivity contribution in [3.05, 3.63) is 35.4 Å². The monoisotopic (exact) mass is 221 g/mol. The van der Waals surface area contributed by atoms with E-state index in [0.29, 0.717) is 12.6 Å². The maximum Gasteiger partial charge on any atom is 0.0914 e. The lowest BCUT2D eigenvalue weighted by atomic mass is 10.1. The molecule has 2 heteroatoms. The van der Waals surface area contributed by atoms with E-state index in [9.17, 15) is 5.11 Å². The van der Waals surface area contributed by atoms with Crippen molar-refractivity contribution in [3.8, 4) is 0 Å². The Hall–Kier alpha value is -0.860. The Morgan fingerprint density at radius 3 is 2.75 bits per heavy atom. The minimum absolute atomic E-state index is 0.404. The second-order valence-corrected chi connectivity index (χ2v) is 4.53. The lowest BCUT2D eigenvalue weighted by Gasteiger charge is -2.17. The summed E-state index contributed by atoms with van der Waals surface area (Å²) in [5.41, 5.74) is 2.19. The second kappa shape index (κ2) is 6.66. The van der Waals surface area contributed by atoms with Gasteiger partial charge in [0.15, 0.2) is 0 Å². The van der Waals surface area contributed by atoms with Crippen molar-refractivity contribution in [2.24, 2.45) is 0 Å². The number of rotatable bonds is 6. The Morgan fingerprint density at radius 2 is 2.12 bits per heavy atom. The first-order valence-electron chi connectivity index (χ1n) is 6.11. The highest BCUT2D eigenvalue weighted by atomic mass is 16.3. The van der Waals surface area contributed by atoms with Crippen molar-refractivity contribution in [1.82, 2.24) is 5.32 Å². The molecule has 0 radical (unpaired) electrons. The van der Waals surface area contributed by atoms with Crippen LogP contribution in [0.25, 0.3) is 0 Å². The van der Waals surface area contributed by atoms with Gasteiger partial charge in [-0.15, -0.1) is 0 Å². The molecule has 1 aromatic rings. The van der Waals surface area contributed by atoms with Crippen molar-refractivity contribution in [3.63, 3.8) is 0 Å². The Balaban J connectivity index is 2.43. The van der Waals surface area contributed by atoms with Crippen LogP contribution < -0.4 is 5.32 Å². The second-order valence-electron chi connectivity index (χ2n) is 4.53. The van der Waals surface area contributed by atoms with Gasteiger partial charge in [-0.25, -0.2) is 0 Å².